The molecule has 230 valence electrons. The fourth-order valence-electron chi connectivity index (χ4n) is 4.55. The monoisotopic (exact) mass is 592 g/mol. The number of hydrogen-bond acceptors (Lipinski definition) is 8. The number of alkyl halides is 6. The Balaban J connectivity index is 0.000000473. The first-order valence-electron chi connectivity index (χ1n) is 12.2. The predicted octanol–water partition coefficient (Wildman–Crippen LogP) is 3.58. The minimum atomic E-state index is -5.08. The van der Waals surface area contributed by atoms with Crippen LogP contribution in [-0.4, -0.2) is 103 Å². The van der Waals surface area contributed by atoms with Gasteiger partial charge in [0.05, 0.1) is 25.2 Å². The molecule has 0 bridgehead atoms. The first-order chi connectivity index (χ1) is 18.5. The van der Waals surface area contributed by atoms with E-state index in [-0.39, 0.29) is 17.3 Å². The zero-order valence-electron chi connectivity index (χ0n) is 22.3. The standard InChI is InChI=1S/C20H32N2O4.2C2HF3O2/c1-4-25-19(23)20-8-5-9-21(14-18-7-6-16(2)26-18)12-17(20)13-22(15-20)10-11-24-3;2*3-2(4,5)1(6)7/h6-7,17H,4-5,8-15H2,1-3H3;2*(H,6,7)/t17-,20-;;/m0../s1. The van der Waals surface area contributed by atoms with Gasteiger partial charge in [-0.15, -0.1) is 0 Å². The fraction of sp³-hybridized carbons (Fsp3) is 0.708. The molecular formula is C24H34F6N2O8. The normalized spacial score (nSPS) is 21.7. The lowest BCUT2D eigenvalue weighted by atomic mass is 9.75. The molecule has 0 spiro atoms. The first-order valence-corrected chi connectivity index (χ1v) is 12.2. The molecule has 0 unspecified atom stereocenters. The van der Waals surface area contributed by atoms with Crippen molar-refractivity contribution in [3.05, 3.63) is 23.7 Å². The van der Waals surface area contributed by atoms with E-state index in [0.717, 1.165) is 63.6 Å². The second-order valence-corrected chi connectivity index (χ2v) is 9.26. The van der Waals surface area contributed by atoms with E-state index in [9.17, 15) is 31.1 Å². The zero-order chi connectivity index (χ0) is 30.7. The number of likely N-dealkylation sites (tertiary alicyclic amines) is 2. The van der Waals surface area contributed by atoms with Crippen LogP contribution in [0.1, 0.15) is 31.3 Å². The minimum Gasteiger partial charge on any atom is -0.475 e. The number of halogens is 6. The SMILES string of the molecule is CCOC(=O)[C@]12CCCN(Cc3ccc(C)o3)C[C@H]1CN(CCOC)C2.O=C(O)C(F)(F)F.O=C(O)C(F)(F)F. The molecule has 3 heterocycles. The third-order valence-electron chi connectivity index (χ3n) is 6.30. The van der Waals surface area contributed by atoms with Crippen molar-refractivity contribution in [2.24, 2.45) is 11.3 Å². The lowest BCUT2D eigenvalue weighted by Crippen LogP contribution is -2.42. The molecule has 2 fully saturated rings. The number of carbonyl (C=O) groups is 3. The maximum atomic E-state index is 12.9. The third kappa shape index (κ3) is 11.0. The van der Waals surface area contributed by atoms with Gasteiger partial charge >= 0.3 is 30.3 Å². The molecule has 2 aliphatic heterocycles. The van der Waals surface area contributed by atoms with E-state index in [4.69, 9.17) is 33.7 Å². The number of carbonyl (C=O) groups excluding carboxylic acids is 1. The highest BCUT2D eigenvalue weighted by molar-refractivity contribution is 5.78. The molecule has 1 aromatic heterocycles. The largest absolute Gasteiger partial charge is 0.490 e. The Morgan fingerprint density at radius 3 is 2.05 bits per heavy atom. The van der Waals surface area contributed by atoms with Gasteiger partial charge in [-0.05, 0) is 45.4 Å². The molecule has 1 aromatic rings. The Morgan fingerprint density at radius 1 is 1.05 bits per heavy atom. The molecule has 0 radical (unpaired) electrons. The van der Waals surface area contributed by atoms with Gasteiger partial charge in [-0.25, -0.2) is 9.59 Å². The van der Waals surface area contributed by atoms with Gasteiger partial charge in [-0.1, -0.05) is 0 Å². The van der Waals surface area contributed by atoms with Crippen LogP contribution in [0.15, 0.2) is 16.5 Å². The highest BCUT2D eigenvalue weighted by Gasteiger charge is 2.53. The van der Waals surface area contributed by atoms with Crippen LogP contribution >= 0.6 is 0 Å². The highest BCUT2D eigenvalue weighted by Crippen LogP contribution is 2.44. The van der Waals surface area contributed by atoms with Crippen molar-refractivity contribution in [1.29, 1.82) is 0 Å². The van der Waals surface area contributed by atoms with E-state index in [2.05, 4.69) is 15.9 Å². The first kappa shape index (κ1) is 35.2. The van der Waals surface area contributed by atoms with Crippen LogP contribution in [0.5, 0.6) is 0 Å². The van der Waals surface area contributed by atoms with E-state index in [1.807, 2.05) is 19.9 Å². The van der Waals surface area contributed by atoms with Crippen molar-refractivity contribution in [2.45, 2.75) is 45.6 Å². The summed E-state index contributed by atoms with van der Waals surface area (Å²) in [5.74, 6) is -3.29. The minimum absolute atomic E-state index is 0.0133. The van der Waals surface area contributed by atoms with Gasteiger partial charge < -0.3 is 24.1 Å². The number of methoxy groups -OCH3 is 1. The van der Waals surface area contributed by atoms with Gasteiger partial charge in [0.15, 0.2) is 0 Å². The molecule has 3 rings (SSSR count). The van der Waals surface area contributed by atoms with Crippen LogP contribution in [0, 0.1) is 18.3 Å². The summed E-state index contributed by atoms with van der Waals surface area (Å²) in [4.78, 5) is 35.5. The Morgan fingerprint density at radius 2 is 1.60 bits per heavy atom. The molecular weight excluding hydrogens is 558 g/mol. The van der Waals surface area contributed by atoms with Crippen molar-refractivity contribution in [1.82, 2.24) is 9.80 Å². The number of ether oxygens (including phenoxy) is 2. The Labute approximate surface area is 226 Å². The number of aryl methyl sites for hydroxylation is 1. The number of rotatable bonds is 7. The Bertz CT molecular complexity index is 944. The highest BCUT2D eigenvalue weighted by atomic mass is 19.4. The zero-order valence-corrected chi connectivity index (χ0v) is 22.3. The Hall–Kier alpha value is -2.85. The summed E-state index contributed by atoms with van der Waals surface area (Å²) in [5, 5.41) is 14.2. The van der Waals surface area contributed by atoms with Crippen molar-refractivity contribution in [3.63, 3.8) is 0 Å². The van der Waals surface area contributed by atoms with Crippen LogP contribution in [0.3, 0.4) is 0 Å². The summed E-state index contributed by atoms with van der Waals surface area (Å²) in [5.41, 5.74) is -0.377. The van der Waals surface area contributed by atoms with Crippen LogP contribution in [-0.2, 0) is 30.4 Å². The van der Waals surface area contributed by atoms with Gasteiger partial charge in [0, 0.05) is 39.2 Å². The maximum absolute atomic E-state index is 12.9. The topological polar surface area (TPSA) is 130 Å². The van der Waals surface area contributed by atoms with Crippen molar-refractivity contribution < 1.29 is 64.8 Å². The second-order valence-electron chi connectivity index (χ2n) is 9.26. The summed E-state index contributed by atoms with van der Waals surface area (Å²) in [7, 11) is 1.72. The number of nitrogens with zero attached hydrogens (tertiary/aromatic N) is 2. The molecule has 0 aromatic carbocycles. The van der Waals surface area contributed by atoms with E-state index >= 15 is 0 Å². The number of carboxylic acids is 2. The van der Waals surface area contributed by atoms with E-state index < -0.39 is 24.3 Å². The average Bonchev–Trinajstić information content (AvgIpc) is 3.35. The van der Waals surface area contributed by atoms with Crippen LogP contribution < -0.4 is 0 Å². The molecule has 2 saturated heterocycles. The molecule has 2 N–H and O–H groups in total. The quantitative estimate of drug-likeness (QED) is 0.358. The lowest BCUT2D eigenvalue weighted by molar-refractivity contribution is -0.193. The maximum Gasteiger partial charge on any atom is 0.490 e. The third-order valence-corrected chi connectivity index (χ3v) is 6.30. The molecule has 0 aliphatic carbocycles. The Kier molecular flexibility index (Phi) is 13.4. The van der Waals surface area contributed by atoms with E-state index in [1.165, 1.54) is 0 Å². The average molecular weight is 593 g/mol. The summed E-state index contributed by atoms with van der Waals surface area (Å²) in [6, 6.07) is 4.07. The van der Waals surface area contributed by atoms with Gasteiger partial charge in [0.2, 0.25) is 0 Å². The number of hydrogen-bond donors (Lipinski definition) is 2. The lowest BCUT2D eigenvalue weighted by Gasteiger charge is -2.31. The molecule has 10 nitrogen and oxygen atoms in total. The smallest absolute Gasteiger partial charge is 0.475 e. The molecule has 16 heteroatoms. The van der Waals surface area contributed by atoms with Crippen LogP contribution in [0.2, 0.25) is 0 Å². The number of carboxylic acid groups (broad SMARTS) is 2. The van der Waals surface area contributed by atoms with Crippen molar-refractivity contribution in [3.8, 4) is 0 Å². The van der Waals surface area contributed by atoms with E-state index in [1.54, 1.807) is 7.11 Å². The fourth-order valence-corrected chi connectivity index (χ4v) is 4.55. The summed E-state index contributed by atoms with van der Waals surface area (Å²) < 4.78 is 80.0. The number of fused-ring (bicyclic) bond motifs is 1. The predicted molar refractivity (Wildman–Crippen MR) is 126 cm³/mol. The number of furan rings is 1. The van der Waals surface area contributed by atoms with E-state index in [0.29, 0.717) is 13.2 Å². The summed E-state index contributed by atoms with van der Waals surface area (Å²) >= 11 is 0. The number of esters is 1. The van der Waals surface area contributed by atoms with Gasteiger partial charge in [-0.3, -0.25) is 14.6 Å². The summed E-state index contributed by atoms with van der Waals surface area (Å²) in [6.07, 6.45) is -8.26. The molecule has 0 saturated carbocycles. The van der Waals surface area contributed by atoms with Gasteiger partial charge in [0.1, 0.15) is 11.5 Å². The number of aliphatic carboxylic acids is 2. The van der Waals surface area contributed by atoms with Gasteiger partial charge in [-0.2, -0.15) is 26.3 Å². The second kappa shape index (κ2) is 15.2. The molecule has 2 atom stereocenters. The summed E-state index contributed by atoms with van der Waals surface area (Å²) in [6.45, 7) is 10.3. The molecule has 40 heavy (non-hydrogen) atoms. The van der Waals surface area contributed by atoms with Crippen molar-refractivity contribution >= 4 is 17.9 Å². The van der Waals surface area contributed by atoms with Crippen LogP contribution in [0.4, 0.5) is 26.3 Å². The molecule has 2 aliphatic rings. The van der Waals surface area contributed by atoms with Crippen LogP contribution in [0.25, 0.3) is 0 Å². The molecule has 0 amide bonds. The van der Waals surface area contributed by atoms with Gasteiger partial charge in [0.25, 0.3) is 0 Å². The van der Waals surface area contributed by atoms with Crippen molar-refractivity contribution in [2.75, 3.05) is 53.0 Å².